The number of hydrogen-bond donors (Lipinski definition) is 0. The Morgan fingerprint density at radius 2 is 1.15 bits per heavy atom. The van der Waals surface area contributed by atoms with E-state index < -0.39 is 0 Å². The smallest absolute Gasteiger partial charge is 0.128 e. The Morgan fingerprint density at radius 1 is 0.606 bits per heavy atom. The molecule has 5 heteroatoms. The number of rotatable bonds is 16. The molecule has 2 aromatic carbocycles. The lowest BCUT2D eigenvalue weighted by atomic mass is 10.1. The lowest BCUT2D eigenvalue weighted by Crippen LogP contribution is -3.00. The van der Waals surface area contributed by atoms with E-state index in [9.17, 15) is 0 Å². The van der Waals surface area contributed by atoms with Gasteiger partial charge in [0, 0.05) is 0 Å². The van der Waals surface area contributed by atoms with E-state index >= 15 is 0 Å². The van der Waals surface area contributed by atoms with Crippen LogP contribution in [0.2, 0.25) is 0 Å². The van der Waals surface area contributed by atoms with Crippen LogP contribution < -0.4 is 52.7 Å². The minimum atomic E-state index is 0. The number of benzene rings is 2. The van der Waals surface area contributed by atoms with E-state index in [2.05, 4.69) is 77.6 Å². The zero-order valence-electron chi connectivity index (χ0n) is 21.8. The number of fused-ring (bicyclic) bond motifs is 1. The Morgan fingerprint density at radius 3 is 1.79 bits per heavy atom. The van der Waals surface area contributed by atoms with Gasteiger partial charge in [0.05, 0.1) is 47.9 Å². The van der Waals surface area contributed by atoms with Crippen LogP contribution in [0.5, 0.6) is 5.75 Å². The fraction of sp³-hybridized carbons (Fsp3) is 0.643. The van der Waals surface area contributed by atoms with E-state index in [0.717, 1.165) is 23.3 Å². The Balaban J connectivity index is 0.00000512. The van der Waals surface area contributed by atoms with Crippen LogP contribution in [0.4, 0.5) is 0 Å². The van der Waals surface area contributed by atoms with Crippen molar-refractivity contribution in [2.24, 2.45) is 0 Å². The largest absolute Gasteiger partial charge is 1.00 e. The molecule has 0 bridgehead atoms. The highest BCUT2D eigenvalue weighted by Gasteiger charge is 2.20. The molecule has 190 valence electrons. The topological polar surface area (TPSA) is 9.23 Å². The molecule has 0 aliphatic heterocycles. The van der Waals surface area contributed by atoms with Crippen LogP contribution in [-0.4, -0.2) is 69.9 Å². The molecule has 3 nitrogen and oxygen atoms in total. The second kappa shape index (κ2) is 17.3. The van der Waals surface area contributed by atoms with Gasteiger partial charge in [0.25, 0.3) is 0 Å². The standard InChI is InChI=1S/C28H48N2O.2HI/c1-6-29(2,3)22-23-30(4,5)21-15-11-9-7-8-10-12-16-24-31-28-20-19-26-17-13-14-18-27(26)25-28;;/h13-14,17-20,25H,6-12,15-16,21-24H2,1-5H3;2*1H/q+2;;/p-2. The fourth-order valence-corrected chi connectivity index (χ4v) is 3.96. The molecule has 0 saturated carbocycles. The summed E-state index contributed by atoms with van der Waals surface area (Å²) in [7, 11) is 9.48. The van der Waals surface area contributed by atoms with Crippen LogP contribution >= 0.6 is 0 Å². The Hall–Kier alpha value is -0.120. The van der Waals surface area contributed by atoms with Gasteiger partial charge in [-0.2, -0.15) is 0 Å². The Bertz CT molecular complexity index is 764. The van der Waals surface area contributed by atoms with Gasteiger partial charge in [0.15, 0.2) is 0 Å². The molecule has 0 fully saturated rings. The second-order valence-electron chi connectivity index (χ2n) is 10.5. The first kappa shape index (κ1) is 32.9. The van der Waals surface area contributed by atoms with Crippen molar-refractivity contribution in [3.8, 4) is 5.75 Å². The quantitative estimate of drug-likeness (QED) is 0.143. The molecule has 0 atom stereocenters. The summed E-state index contributed by atoms with van der Waals surface area (Å²) in [6.07, 6.45) is 10.7. The molecule has 0 aliphatic carbocycles. The number of nitrogens with zero attached hydrogens (tertiary/aromatic N) is 2. The van der Waals surface area contributed by atoms with Crippen LogP contribution in [0.1, 0.15) is 58.3 Å². The van der Waals surface area contributed by atoms with E-state index in [4.69, 9.17) is 4.74 Å². The molecule has 0 radical (unpaired) electrons. The molecule has 2 rings (SSSR count). The number of quaternary nitrogens is 2. The molecular formula is C28H48I2N2O. The van der Waals surface area contributed by atoms with E-state index in [0.29, 0.717) is 0 Å². The van der Waals surface area contributed by atoms with Gasteiger partial charge < -0.3 is 61.7 Å². The molecule has 0 spiro atoms. The maximum atomic E-state index is 5.95. The van der Waals surface area contributed by atoms with Crippen molar-refractivity contribution >= 4 is 10.8 Å². The lowest BCUT2D eigenvalue weighted by Gasteiger charge is -2.35. The average molecular weight is 683 g/mol. The van der Waals surface area contributed by atoms with E-state index in [1.165, 1.54) is 86.4 Å². The number of ether oxygens (including phenoxy) is 1. The minimum Gasteiger partial charge on any atom is -1.00 e. The van der Waals surface area contributed by atoms with Crippen LogP contribution in [0, 0.1) is 0 Å². The summed E-state index contributed by atoms with van der Waals surface area (Å²) < 4.78 is 8.25. The van der Waals surface area contributed by atoms with Crippen LogP contribution in [0.25, 0.3) is 10.8 Å². The molecule has 0 N–H and O–H groups in total. The van der Waals surface area contributed by atoms with Crippen LogP contribution in [0.3, 0.4) is 0 Å². The molecule has 0 amide bonds. The Labute approximate surface area is 238 Å². The van der Waals surface area contributed by atoms with Crippen molar-refractivity contribution < 1.29 is 61.7 Å². The highest BCUT2D eigenvalue weighted by molar-refractivity contribution is 5.83. The van der Waals surface area contributed by atoms with Gasteiger partial charge in [0.2, 0.25) is 0 Å². The SMILES string of the molecule is CC[N+](C)(C)CC[N+](C)(C)CCCCCCCCCCOc1ccc2ccccc2c1.[I-].[I-]. The normalized spacial score (nSPS) is 11.7. The first-order valence-corrected chi connectivity index (χ1v) is 12.6. The maximum absolute atomic E-state index is 5.95. The summed E-state index contributed by atoms with van der Waals surface area (Å²) in [5, 5.41) is 2.53. The Kier molecular flexibility index (Phi) is 17.3. The van der Waals surface area contributed by atoms with Gasteiger partial charge in [-0.3, -0.25) is 0 Å². The van der Waals surface area contributed by atoms with Crippen molar-refractivity contribution in [2.75, 3.05) is 61.0 Å². The van der Waals surface area contributed by atoms with E-state index in [1.807, 2.05) is 0 Å². The summed E-state index contributed by atoms with van der Waals surface area (Å²) in [6.45, 7) is 8.21. The number of unbranched alkanes of at least 4 members (excludes halogenated alkanes) is 7. The average Bonchev–Trinajstić information content (AvgIpc) is 2.76. The lowest BCUT2D eigenvalue weighted by molar-refractivity contribution is -0.945. The predicted octanol–water partition coefficient (Wildman–Crippen LogP) is 0.520. The molecule has 0 heterocycles. The van der Waals surface area contributed by atoms with E-state index in [1.54, 1.807) is 0 Å². The number of likely N-dealkylation sites (N-methyl/N-ethyl adjacent to an activating group) is 2. The summed E-state index contributed by atoms with van der Waals surface area (Å²) in [4.78, 5) is 0. The summed E-state index contributed by atoms with van der Waals surface area (Å²) in [5.74, 6) is 0.997. The van der Waals surface area contributed by atoms with Crippen molar-refractivity contribution in [3.63, 3.8) is 0 Å². The second-order valence-corrected chi connectivity index (χ2v) is 10.5. The summed E-state index contributed by atoms with van der Waals surface area (Å²) >= 11 is 0. The molecular weight excluding hydrogens is 634 g/mol. The van der Waals surface area contributed by atoms with Gasteiger partial charge >= 0.3 is 0 Å². The summed E-state index contributed by atoms with van der Waals surface area (Å²) in [5.41, 5.74) is 0. The zero-order valence-corrected chi connectivity index (χ0v) is 26.1. The van der Waals surface area contributed by atoms with Gasteiger partial charge in [-0.15, -0.1) is 0 Å². The van der Waals surface area contributed by atoms with Crippen LogP contribution in [0.15, 0.2) is 42.5 Å². The third-order valence-corrected chi connectivity index (χ3v) is 6.81. The predicted molar refractivity (Wildman–Crippen MR) is 136 cm³/mol. The monoisotopic (exact) mass is 682 g/mol. The summed E-state index contributed by atoms with van der Waals surface area (Å²) in [6, 6.07) is 14.8. The molecule has 2 aromatic rings. The molecule has 33 heavy (non-hydrogen) atoms. The van der Waals surface area contributed by atoms with Crippen LogP contribution in [-0.2, 0) is 0 Å². The van der Waals surface area contributed by atoms with Gasteiger partial charge in [-0.25, -0.2) is 0 Å². The van der Waals surface area contributed by atoms with Gasteiger partial charge in [-0.1, -0.05) is 62.4 Å². The number of hydrogen-bond acceptors (Lipinski definition) is 1. The van der Waals surface area contributed by atoms with Crippen molar-refractivity contribution in [1.82, 2.24) is 0 Å². The third kappa shape index (κ3) is 14.1. The van der Waals surface area contributed by atoms with E-state index in [-0.39, 0.29) is 48.0 Å². The fourth-order valence-electron chi connectivity index (χ4n) is 3.96. The molecule has 0 aromatic heterocycles. The molecule has 0 aliphatic rings. The van der Waals surface area contributed by atoms with Crippen molar-refractivity contribution in [1.29, 1.82) is 0 Å². The first-order chi connectivity index (χ1) is 14.8. The van der Waals surface area contributed by atoms with Gasteiger partial charge in [0.1, 0.15) is 18.8 Å². The zero-order chi connectivity index (χ0) is 22.6. The van der Waals surface area contributed by atoms with Crippen molar-refractivity contribution in [3.05, 3.63) is 42.5 Å². The molecule has 0 saturated heterocycles. The maximum Gasteiger partial charge on any atom is 0.128 e. The van der Waals surface area contributed by atoms with Crippen molar-refractivity contribution in [2.45, 2.75) is 58.3 Å². The number of halogens is 2. The highest BCUT2D eigenvalue weighted by atomic mass is 127. The minimum absolute atomic E-state index is 0. The molecule has 0 unspecified atom stereocenters. The first-order valence-electron chi connectivity index (χ1n) is 12.6. The van der Waals surface area contributed by atoms with Gasteiger partial charge in [-0.05, 0) is 49.1 Å². The highest BCUT2D eigenvalue weighted by Crippen LogP contribution is 2.21. The third-order valence-electron chi connectivity index (χ3n) is 6.81.